The monoisotopic (exact) mass is 174 g/mol. The van der Waals surface area contributed by atoms with Gasteiger partial charge in [-0.1, -0.05) is 13.8 Å². The van der Waals surface area contributed by atoms with E-state index in [9.17, 15) is 9.59 Å². The predicted molar refractivity (Wildman–Crippen MR) is 42.6 cm³/mol. The molecule has 1 atom stereocenters. The Morgan fingerprint density at radius 1 is 1.33 bits per heavy atom. The predicted octanol–water partition coefficient (Wildman–Crippen LogP) is 1.05. The molecular formula is C8H14O4. The van der Waals surface area contributed by atoms with Crippen molar-refractivity contribution in [2.24, 2.45) is 5.92 Å². The van der Waals surface area contributed by atoms with Gasteiger partial charge in [-0.15, -0.1) is 0 Å². The number of ether oxygens (including phenoxy) is 1. The molecule has 0 saturated carbocycles. The highest BCUT2D eigenvalue weighted by atomic mass is 16.6. The Morgan fingerprint density at radius 2 is 1.83 bits per heavy atom. The maximum absolute atomic E-state index is 10.5. The van der Waals surface area contributed by atoms with Gasteiger partial charge < -0.3 is 9.84 Å². The van der Waals surface area contributed by atoms with E-state index >= 15 is 0 Å². The lowest BCUT2D eigenvalue weighted by Crippen LogP contribution is -2.23. The van der Waals surface area contributed by atoms with Gasteiger partial charge in [-0.2, -0.15) is 0 Å². The first kappa shape index (κ1) is 10.9. The second-order valence-corrected chi connectivity index (χ2v) is 3.15. The maximum Gasteiger partial charge on any atom is 0.417 e. The number of hydrogen-bond acceptors (Lipinski definition) is 3. The van der Waals surface area contributed by atoms with Crippen molar-refractivity contribution in [2.75, 3.05) is 0 Å². The smallest absolute Gasteiger partial charge is 0.417 e. The molecule has 0 fully saturated rings. The van der Waals surface area contributed by atoms with Gasteiger partial charge in [0.2, 0.25) is 0 Å². The first-order valence-corrected chi connectivity index (χ1v) is 3.87. The Balaban J connectivity index is 3.76. The summed E-state index contributed by atoms with van der Waals surface area (Å²) in [4.78, 5) is 20.6. The number of esters is 1. The molecule has 0 bridgehead atoms. The molecule has 4 nitrogen and oxygen atoms in total. The SMILES string of the molecule is CC(C)CC(C)OC(=O)C(=O)O. The van der Waals surface area contributed by atoms with Crippen molar-refractivity contribution < 1.29 is 19.4 Å². The summed E-state index contributed by atoms with van der Waals surface area (Å²) < 4.78 is 4.58. The molecule has 0 radical (unpaired) electrons. The Hall–Kier alpha value is -1.06. The van der Waals surface area contributed by atoms with Crippen LogP contribution in [-0.2, 0) is 14.3 Å². The van der Waals surface area contributed by atoms with Crippen LogP contribution in [0.5, 0.6) is 0 Å². The van der Waals surface area contributed by atoms with Crippen LogP contribution in [0.1, 0.15) is 27.2 Å². The first-order chi connectivity index (χ1) is 5.43. The molecule has 0 aliphatic carbocycles. The topological polar surface area (TPSA) is 63.6 Å². The third-order valence-electron chi connectivity index (χ3n) is 1.29. The Bertz CT molecular complexity index is 174. The van der Waals surface area contributed by atoms with E-state index in [0.29, 0.717) is 12.3 Å². The molecule has 1 N–H and O–H groups in total. The van der Waals surface area contributed by atoms with E-state index in [1.165, 1.54) is 0 Å². The average molecular weight is 174 g/mol. The van der Waals surface area contributed by atoms with Crippen LogP contribution in [0, 0.1) is 5.92 Å². The lowest BCUT2D eigenvalue weighted by Gasteiger charge is -2.13. The van der Waals surface area contributed by atoms with Gasteiger partial charge >= 0.3 is 11.9 Å². The average Bonchev–Trinajstić information content (AvgIpc) is 1.84. The van der Waals surface area contributed by atoms with Crippen LogP contribution < -0.4 is 0 Å². The van der Waals surface area contributed by atoms with Crippen LogP contribution in [-0.4, -0.2) is 23.1 Å². The molecule has 4 heteroatoms. The summed E-state index contributed by atoms with van der Waals surface area (Å²) in [5, 5.41) is 8.19. The fourth-order valence-electron chi connectivity index (χ4n) is 0.945. The van der Waals surface area contributed by atoms with E-state index in [4.69, 9.17) is 5.11 Å². The summed E-state index contributed by atoms with van der Waals surface area (Å²) in [6.45, 7) is 5.64. The molecule has 12 heavy (non-hydrogen) atoms. The number of carbonyl (C=O) groups is 2. The van der Waals surface area contributed by atoms with Crippen molar-refractivity contribution in [1.82, 2.24) is 0 Å². The summed E-state index contributed by atoms with van der Waals surface area (Å²) in [6.07, 6.45) is 0.354. The third-order valence-corrected chi connectivity index (χ3v) is 1.29. The summed E-state index contributed by atoms with van der Waals surface area (Å²) in [5.74, 6) is -2.32. The number of carboxylic acids is 1. The zero-order valence-corrected chi connectivity index (χ0v) is 7.53. The largest absolute Gasteiger partial charge is 0.473 e. The van der Waals surface area contributed by atoms with Crippen LogP contribution in [0.4, 0.5) is 0 Å². The summed E-state index contributed by atoms with van der Waals surface area (Å²) >= 11 is 0. The molecule has 0 spiro atoms. The van der Waals surface area contributed by atoms with Crippen LogP contribution >= 0.6 is 0 Å². The summed E-state index contributed by atoms with van der Waals surface area (Å²) in [5.41, 5.74) is 0. The molecule has 0 rings (SSSR count). The normalized spacial score (nSPS) is 12.7. The molecular weight excluding hydrogens is 160 g/mol. The van der Waals surface area contributed by atoms with Gasteiger partial charge in [0.05, 0.1) is 6.10 Å². The van der Waals surface area contributed by atoms with Crippen molar-refractivity contribution in [1.29, 1.82) is 0 Å². The standard InChI is InChI=1S/C8H14O4/c1-5(2)4-6(3)12-8(11)7(9)10/h5-6H,4H2,1-3H3,(H,9,10). The molecule has 0 heterocycles. The number of aliphatic carboxylic acids is 1. The van der Waals surface area contributed by atoms with E-state index in [-0.39, 0.29) is 6.10 Å². The highest BCUT2D eigenvalue weighted by Gasteiger charge is 2.17. The van der Waals surface area contributed by atoms with E-state index < -0.39 is 11.9 Å². The zero-order chi connectivity index (χ0) is 9.72. The minimum Gasteiger partial charge on any atom is -0.473 e. The minimum absolute atomic E-state index is 0.325. The van der Waals surface area contributed by atoms with Gasteiger partial charge in [-0.3, -0.25) is 0 Å². The van der Waals surface area contributed by atoms with Gasteiger partial charge in [0.15, 0.2) is 0 Å². The Kier molecular flexibility index (Phi) is 4.33. The second kappa shape index (κ2) is 4.74. The maximum atomic E-state index is 10.5. The molecule has 0 aliphatic heterocycles. The molecule has 0 aromatic rings. The van der Waals surface area contributed by atoms with Gasteiger partial charge in [-0.25, -0.2) is 9.59 Å². The Labute approximate surface area is 71.5 Å². The van der Waals surface area contributed by atoms with Gasteiger partial charge in [0.1, 0.15) is 0 Å². The summed E-state index contributed by atoms with van der Waals surface area (Å²) in [6, 6.07) is 0. The fourth-order valence-corrected chi connectivity index (χ4v) is 0.945. The molecule has 0 amide bonds. The minimum atomic E-state index is -1.54. The van der Waals surface area contributed by atoms with E-state index in [1.54, 1.807) is 6.92 Å². The van der Waals surface area contributed by atoms with Crippen LogP contribution in [0.15, 0.2) is 0 Å². The molecule has 0 aromatic heterocycles. The van der Waals surface area contributed by atoms with E-state index in [2.05, 4.69) is 4.74 Å². The van der Waals surface area contributed by atoms with Crippen molar-refractivity contribution >= 4 is 11.9 Å². The summed E-state index contributed by atoms with van der Waals surface area (Å²) in [7, 11) is 0. The number of carbonyl (C=O) groups excluding carboxylic acids is 1. The van der Waals surface area contributed by atoms with Gasteiger partial charge in [0.25, 0.3) is 0 Å². The van der Waals surface area contributed by atoms with Crippen LogP contribution in [0.3, 0.4) is 0 Å². The number of hydrogen-bond donors (Lipinski definition) is 1. The van der Waals surface area contributed by atoms with Gasteiger partial charge in [-0.05, 0) is 19.3 Å². The molecule has 0 saturated heterocycles. The molecule has 0 aliphatic rings. The molecule has 70 valence electrons. The van der Waals surface area contributed by atoms with Crippen molar-refractivity contribution in [3.8, 4) is 0 Å². The Morgan fingerprint density at radius 3 is 2.17 bits per heavy atom. The lowest BCUT2D eigenvalue weighted by molar-refractivity contribution is -0.167. The van der Waals surface area contributed by atoms with Crippen LogP contribution in [0.25, 0.3) is 0 Å². The van der Waals surface area contributed by atoms with E-state index in [0.717, 1.165) is 0 Å². The van der Waals surface area contributed by atoms with Crippen LogP contribution in [0.2, 0.25) is 0 Å². The fraction of sp³-hybridized carbons (Fsp3) is 0.750. The zero-order valence-electron chi connectivity index (χ0n) is 7.53. The third kappa shape index (κ3) is 4.71. The van der Waals surface area contributed by atoms with Crippen molar-refractivity contribution in [3.63, 3.8) is 0 Å². The second-order valence-electron chi connectivity index (χ2n) is 3.15. The number of rotatable bonds is 3. The molecule has 0 aromatic carbocycles. The first-order valence-electron chi connectivity index (χ1n) is 3.87. The quantitative estimate of drug-likeness (QED) is 0.513. The molecule has 1 unspecified atom stereocenters. The van der Waals surface area contributed by atoms with E-state index in [1.807, 2.05) is 13.8 Å². The van der Waals surface area contributed by atoms with Crippen molar-refractivity contribution in [2.45, 2.75) is 33.3 Å². The number of carboxylic acid groups (broad SMARTS) is 1. The highest BCUT2D eigenvalue weighted by Crippen LogP contribution is 2.07. The lowest BCUT2D eigenvalue weighted by atomic mass is 10.1. The van der Waals surface area contributed by atoms with Crippen molar-refractivity contribution in [3.05, 3.63) is 0 Å². The van der Waals surface area contributed by atoms with Gasteiger partial charge in [0, 0.05) is 0 Å². The highest BCUT2D eigenvalue weighted by molar-refractivity contribution is 6.28.